The van der Waals surface area contributed by atoms with Crippen molar-refractivity contribution in [2.45, 2.75) is 31.8 Å². The molecule has 4 N–H and O–H groups in total. The number of nitrogens with two attached hydrogens (primary N) is 1. The molecule has 0 spiro atoms. The lowest BCUT2D eigenvalue weighted by Gasteiger charge is -2.26. The lowest BCUT2D eigenvalue weighted by atomic mass is 10.0. The average molecular weight is 477 g/mol. The molecule has 2 aliphatic heterocycles. The summed E-state index contributed by atoms with van der Waals surface area (Å²) in [6.07, 6.45) is 2.65. The molecule has 3 aromatic rings. The summed E-state index contributed by atoms with van der Waals surface area (Å²) in [6.45, 7) is 2.50. The molecule has 0 aliphatic carbocycles. The first kappa shape index (κ1) is 22.4. The molecule has 8 nitrogen and oxygen atoms in total. The van der Waals surface area contributed by atoms with Gasteiger partial charge in [0.2, 0.25) is 0 Å². The van der Waals surface area contributed by atoms with Gasteiger partial charge in [0.1, 0.15) is 0 Å². The van der Waals surface area contributed by atoms with Gasteiger partial charge in [0, 0.05) is 36.5 Å². The van der Waals surface area contributed by atoms with Crippen molar-refractivity contribution in [2.24, 2.45) is 0 Å². The molecule has 1 atom stereocenters. The Hall–Kier alpha value is -3.43. The van der Waals surface area contributed by atoms with E-state index in [4.69, 9.17) is 5.73 Å². The summed E-state index contributed by atoms with van der Waals surface area (Å²) in [6, 6.07) is 14.5. The number of amides is 3. The molecule has 2 aliphatic rings. The summed E-state index contributed by atoms with van der Waals surface area (Å²) in [4.78, 5) is 35.9. The number of benzene rings is 2. The van der Waals surface area contributed by atoms with Gasteiger partial charge >= 0.3 is 6.03 Å². The maximum Gasteiger partial charge on any atom is 0.322 e. The van der Waals surface area contributed by atoms with Crippen LogP contribution in [0.3, 0.4) is 0 Å². The molecule has 1 aromatic heterocycles. The fourth-order valence-electron chi connectivity index (χ4n) is 4.59. The average Bonchev–Trinajstić information content (AvgIpc) is 3.47. The molecule has 176 valence electrons. The molecule has 0 radical (unpaired) electrons. The first-order valence-corrected chi connectivity index (χ1v) is 12.3. The molecule has 0 saturated carbocycles. The van der Waals surface area contributed by atoms with Crippen LogP contribution in [0.5, 0.6) is 0 Å². The van der Waals surface area contributed by atoms with Gasteiger partial charge in [-0.3, -0.25) is 10.1 Å². The lowest BCUT2D eigenvalue weighted by molar-refractivity contribution is 0.102. The van der Waals surface area contributed by atoms with Gasteiger partial charge in [-0.25, -0.2) is 9.78 Å². The van der Waals surface area contributed by atoms with Crippen molar-refractivity contribution in [3.63, 3.8) is 0 Å². The normalized spacial score (nSPS) is 17.9. The van der Waals surface area contributed by atoms with Gasteiger partial charge in [-0.15, -0.1) is 11.3 Å². The van der Waals surface area contributed by atoms with E-state index in [9.17, 15) is 9.59 Å². The van der Waals surface area contributed by atoms with Crippen molar-refractivity contribution in [3.05, 3.63) is 70.2 Å². The molecule has 3 amide bonds. The number of para-hydroxylation sites is 2. The van der Waals surface area contributed by atoms with E-state index in [1.54, 1.807) is 29.5 Å². The van der Waals surface area contributed by atoms with Crippen LogP contribution in [0.4, 0.5) is 21.3 Å². The van der Waals surface area contributed by atoms with E-state index in [2.05, 4.69) is 27.6 Å². The number of hydrogen-bond donors (Lipinski definition) is 3. The Labute approximate surface area is 202 Å². The second-order valence-corrected chi connectivity index (χ2v) is 9.91. The minimum absolute atomic E-state index is 0.0969. The van der Waals surface area contributed by atoms with Crippen LogP contribution in [0, 0.1) is 0 Å². The zero-order valence-corrected chi connectivity index (χ0v) is 19.9. The van der Waals surface area contributed by atoms with Crippen LogP contribution in [0.25, 0.3) is 0 Å². The Morgan fingerprint density at radius 2 is 1.97 bits per heavy atom. The summed E-state index contributed by atoms with van der Waals surface area (Å²) in [5, 5.41) is 6.52. The Balaban J connectivity index is 1.29. The number of nitrogens with zero attached hydrogens (tertiary/aromatic N) is 3. The van der Waals surface area contributed by atoms with Gasteiger partial charge in [-0.2, -0.15) is 0 Å². The maximum absolute atomic E-state index is 13.0. The number of nitrogens with one attached hydrogen (secondary N) is 2. The minimum Gasteiger partial charge on any atom is -0.397 e. The standard InChI is InChI=1S/C25H28N6O2S/c1-30-13-11-20-22(15-30)34-24(27-20)29-23(32)17-7-4-6-16(14-17)21-10-5-12-31(21)25(33)28-19-9-3-2-8-18(19)26/h2-4,6-9,14,21H,5,10-13,15,26H2,1H3,(H,28,33)(H,27,29,32). The SMILES string of the molecule is CN1CCc2nc(NC(=O)c3cccc(C4CCCN4C(=O)Nc4ccccc4N)c3)sc2C1. The molecule has 1 fully saturated rings. The Morgan fingerprint density at radius 3 is 2.82 bits per heavy atom. The highest BCUT2D eigenvalue weighted by atomic mass is 32.1. The summed E-state index contributed by atoms with van der Waals surface area (Å²) in [7, 11) is 2.09. The molecular formula is C25H28N6O2S. The van der Waals surface area contributed by atoms with Crippen LogP contribution in [0.2, 0.25) is 0 Å². The Bertz CT molecular complexity index is 1230. The number of aromatic nitrogens is 1. The number of urea groups is 1. The number of hydrogen-bond acceptors (Lipinski definition) is 6. The highest BCUT2D eigenvalue weighted by Gasteiger charge is 2.30. The van der Waals surface area contributed by atoms with Crippen molar-refractivity contribution in [1.29, 1.82) is 0 Å². The monoisotopic (exact) mass is 476 g/mol. The Morgan fingerprint density at radius 1 is 1.12 bits per heavy atom. The quantitative estimate of drug-likeness (QED) is 0.486. The highest BCUT2D eigenvalue weighted by Crippen LogP contribution is 2.34. The van der Waals surface area contributed by atoms with Crippen molar-refractivity contribution < 1.29 is 9.59 Å². The molecule has 1 unspecified atom stereocenters. The number of likely N-dealkylation sites (tertiary alicyclic amines) is 1. The lowest BCUT2D eigenvalue weighted by Crippen LogP contribution is -2.34. The number of rotatable bonds is 4. The molecule has 2 aromatic carbocycles. The molecule has 0 bridgehead atoms. The molecule has 1 saturated heterocycles. The number of likely N-dealkylation sites (N-methyl/N-ethyl adjacent to an activating group) is 1. The van der Waals surface area contributed by atoms with Gasteiger partial charge < -0.3 is 20.9 Å². The number of nitrogen functional groups attached to an aromatic ring is 1. The Kier molecular flexibility index (Phi) is 6.21. The van der Waals surface area contributed by atoms with Crippen molar-refractivity contribution in [1.82, 2.24) is 14.8 Å². The van der Waals surface area contributed by atoms with Crippen LogP contribution in [0.1, 0.15) is 45.4 Å². The van der Waals surface area contributed by atoms with Crippen LogP contribution in [0.15, 0.2) is 48.5 Å². The topological polar surface area (TPSA) is 104 Å². The van der Waals surface area contributed by atoms with Crippen molar-refractivity contribution in [2.75, 3.05) is 36.5 Å². The number of carbonyl (C=O) groups is 2. The second kappa shape index (κ2) is 9.44. The molecule has 9 heteroatoms. The third kappa shape index (κ3) is 4.62. The third-order valence-corrected chi connectivity index (χ3v) is 7.39. The van der Waals surface area contributed by atoms with Gasteiger partial charge in [0.15, 0.2) is 5.13 Å². The van der Waals surface area contributed by atoms with Crippen molar-refractivity contribution >= 4 is 39.8 Å². The zero-order valence-electron chi connectivity index (χ0n) is 19.1. The summed E-state index contributed by atoms with van der Waals surface area (Å²) in [5.74, 6) is -0.188. The smallest absolute Gasteiger partial charge is 0.322 e. The first-order valence-electron chi connectivity index (χ1n) is 11.5. The third-order valence-electron chi connectivity index (χ3n) is 6.39. The number of anilines is 3. The van der Waals surface area contributed by atoms with E-state index in [0.717, 1.165) is 43.6 Å². The maximum atomic E-state index is 13.0. The predicted octanol–water partition coefficient (Wildman–Crippen LogP) is 4.33. The largest absolute Gasteiger partial charge is 0.397 e. The van der Waals surface area contributed by atoms with Crippen LogP contribution in [-0.2, 0) is 13.0 Å². The second-order valence-electron chi connectivity index (χ2n) is 8.83. The van der Waals surface area contributed by atoms with E-state index in [1.165, 1.54) is 4.88 Å². The molecule has 3 heterocycles. The fourth-order valence-corrected chi connectivity index (χ4v) is 5.67. The molecule has 5 rings (SSSR count). The fraction of sp³-hybridized carbons (Fsp3) is 0.320. The summed E-state index contributed by atoms with van der Waals surface area (Å²) >= 11 is 1.54. The van der Waals surface area contributed by atoms with Gasteiger partial charge in [-0.1, -0.05) is 24.3 Å². The molecule has 34 heavy (non-hydrogen) atoms. The minimum atomic E-state index is -0.188. The number of carbonyl (C=O) groups excluding carboxylic acids is 2. The van der Waals surface area contributed by atoms with Gasteiger partial charge in [0.05, 0.1) is 23.1 Å². The zero-order chi connectivity index (χ0) is 23.7. The van der Waals surface area contributed by atoms with Gasteiger partial charge in [-0.05, 0) is 49.7 Å². The summed E-state index contributed by atoms with van der Waals surface area (Å²) < 4.78 is 0. The number of thiazole rings is 1. The van der Waals surface area contributed by atoms with Crippen LogP contribution >= 0.6 is 11.3 Å². The first-order chi connectivity index (χ1) is 16.5. The van der Waals surface area contributed by atoms with Crippen LogP contribution in [-0.4, -0.2) is 46.9 Å². The van der Waals surface area contributed by atoms with E-state index in [0.29, 0.717) is 28.6 Å². The van der Waals surface area contributed by atoms with E-state index < -0.39 is 0 Å². The van der Waals surface area contributed by atoms with Crippen LogP contribution < -0.4 is 16.4 Å². The predicted molar refractivity (Wildman–Crippen MR) is 135 cm³/mol. The van der Waals surface area contributed by atoms with Gasteiger partial charge in [0.25, 0.3) is 5.91 Å². The van der Waals surface area contributed by atoms with E-state index >= 15 is 0 Å². The number of fused-ring (bicyclic) bond motifs is 1. The van der Waals surface area contributed by atoms with Crippen molar-refractivity contribution in [3.8, 4) is 0 Å². The summed E-state index contributed by atoms with van der Waals surface area (Å²) in [5.41, 5.74) is 9.70. The van der Waals surface area contributed by atoms with E-state index in [-0.39, 0.29) is 18.0 Å². The highest BCUT2D eigenvalue weighted by molar-refractivity contribution is 7.15. The molecular weight excluding hydrogens is 448 g/mol. The van der Waals surface area contributed by atoms with E-state index in [1.807, 2.05) is 35.2 Å².